The molecule has 1 saturated heterocycles. The lowest BCUT2D eigenvalue weighted by molar-refractivity contribution is -0.384. The summed E-state index contributed by atoms with van der Waals surface area (Å²) in [4.78, 5) is 15.1. The summed E-state index contributed by atoms with van der Waals surface area (Å²) in [6.45, 7) is 3.87. The highest BCUT2D eigenvalue weighted by atomic mass is 16.6. The van der Waals surface area contributed by atoms with E-state index in [1.807, 2.05) is 24.3 Å². The van der Waals surface area contributed by atoms with Crippen molar-refractivity contribution in [3.63, 3.8) is 0 Å². The van der Waals surface area contributed by atoms with Gasteiger partial charge in [-0.15, -0.1) is 0 Å². The third-order valence-corrected chi connectivity index (χ3v) is 5.05. The number of ether oxygens (including phenoxy) is 2. The quantitative estimate of drug-likeness (QED) is 0.298. The molecule has 0 radical (unpaired) electrons. The molecule has 0 bridgehead atoms. The average molecular weight is 412 g/mol. The van der Waals surface area contributed by atoms with Gasteiger partial charge in [-0.25, -0.2) is 4.99 Å². The molecule has 1 fully saturated rings. The minimum atomic E-state index is -0.400. The largest absolute Gasteiger partial charge is 0.497 e. The Morgan fingerprint density at radius 3 is 2.77 bits per heavy atom. The first-order chi connectivity index (χ1) is 14.5. The number of hydrogen-bond acceptors (Lipinski definition) is 5. The van der Waals surface area contributed by atoms with Gasteiger partial charge in [0.2, 0.25) is 0 Å². The van der Waals surface area contributed by atoms with Crippen LogP contribution in [0.4, 0.5) is 5.69 Å². The molecule has 3 rings (SSSR count). The molecule has 2 aromatic carbocycles. The van der Waals surface area contributed by atoms with E-state index in [2.05, 4.69) is 17.6 Å². The smallest absolute Gasteiger partial charge is 0.269 e. The topological polar surface area (TPSA) is 98.0 Å². The molecule has 1 heterocycles. The third-order valence-electron chi connectivity index (χ3n) is 5.05. The van der Waals surface area contributed by atoms with E-state index >= 15 is 0 Å². The minimum Gasteiger partial charge on any atom is -0.497 e. The fourth-order valence-corrected chi connectivity index (χ4v) is 3.32. The molecule has 0 spiro atoms. The van der Waals surface area contributed by atoms with Crippen molar-refractivity contribution in [2.75, 3.05) is 13.7 Å². The highest BCUT2D eigenvalue weighted by Gasteiger charge is 2.23. The van der Waals surface area contributed by atoms with Crippen molar-refractivity contribution in [3.8, 4) is 5.75 Å². The monoisotopic (exact) mass is 412 g/mol. The molecular weight excluding hydrogens is 384 g/mol. The van der Waals surface area contributed by atoms with Gasteiger partial charge in [-0.2, -0.15) is 0 Å². The summed E-state index contributed by atoms with van der Waals surface area (Å²) in [7, 11) is 1.64. The van der Waals surface area contributed by atoms with Crippen molar-refractivity contribution in [1.29, 1.82) is 0 Å². The zero-order valence-corrected chi connectivity index (χ0v) is 17.3. The Labute approximate surface area is 176 Å². The Balaban J connectivity index is 1.68. The van der Waals surface area contributed by atoms with E-state index in [-0.39, 0.29) is 17.8 Å². The molecule has 1 aliphatic heterocycles. The average Bonchev–Trinajstić information content (AvgIpc) is 3.31. The summed E-state index contributed by atoms with van der Waals surface area (Å²) in [5, 5.41) is 17.6. The maximum Gasteiger partial charge on any atom is 0.269 e. The number of non-ortho nitro benzene ring substituents is 1. The highest BCUT2D eigenvalue weighted by molar-refractivity contribution is 5.80. The zero-order chi connectivity index (χ0) is 21.3. The second-order valence-corrected chi connectivity index (χ2v) is 7.28. The van der Waals surface area contributed by atoms with Crippen LogP contribution < -0.4 is 15.4 Å². The lowest BCUT2D eigenvalue weighted by atomic mass is 10.1. The van der Waals surface area contributed by atoms with Gasteiger partial charge in [-0.3, -0.25) is 10.1 Å². The maximum atomic E-state index is 10.8. The van der Waals surface area contributed by atoms with Crippen molar-refractivity contribution >= 4 is 11.6 Å². The standard InChI is InChI=1S/C22H28N4O4/c1-16(21-7-4-12-30-21)25-22(24-15-18-5-3-6-20(13-18)29-2)23-14-17-8-10-19(11-9-17)26(27)28/h3,5-6,8-11,13,16,21H,4,7,12,14-15H2,1-2H3,(H2,23,24,25). The van der Waals surface area contributed by atoms with E-state index < -0.39 is 4.92 Å². The normalized spacial score (nSPS) is 17.4. The van der Waals surface area contributed by atoms with Crippen LogP contribution in [-0.2, 0) is 17.8 Å². The number of aliphatic imine (C=N–C) groups is 1. The Morgan fingerprint density at radius 1 is 1.30 bits per heavy atom. The third kappa shape index (κ3) is 6.18. The number of guanidine groups is 1. The predicted octanol–water partition coefficient (Wildman–Crippen LogP) is 3.41. The lowest BCUT2D eigenvalue weighted by Gasteiger charge is -2.23. The summed E-state index contributed by atoms with van der Waals surface area (Å²) in [6, 6.07) is 14.4. The van der Waals surface area contributed by atoms with E-state index in [1.165, 1.54) is 12.1 Å². The molecule has 2 N–H and O–H groups in total. The molecule has 2 unspecified atom stereocenters. The molecule has 30 heavy (non-hydrogen) atoms. The van der Waals surface area contributed by atoms with Crippen LogP contribution in [0.15, 0.2) is 53.5 Å². The number of methoxy groups -OCH3 is 1. The van der Waals surface area contributed by atoms with Crippen LogP contribution in [-0.4, -0.2) is 36.7 Å². The molecule has 8 nitrogen and oxygen atoms in total. The second kappa shape index (κ2) is 10.6. The number of hydrogen-bond donors (Lipinski definition) is 2. The van der Waals surface area contributed by atoms with Gasteiger partial charge in [0.25, 0.3) is 5.69 Å². The minimum absolute atomic E-state index is 0.0794. The first kappa shape index (κ1) is 21.6. The number of benzene rings is 2. The number of nitro benzene ring substituents is 1. The van der Waals surface area contributed by atoms with Crippen LogP contribution in [0.2, 0.25) is 0 Å². The number of nitrogens with one attached hydrogen (secondary N) is 2. The van der Waals surface area contributed by atoms with Crippen LogP contribution in [0.1, 0.15) is 30.9 Å². The summed E-state index contributed by atoms with van der Waals surface area (Å²) in [5.74, 6) is 1.46. The van der Waals surface area contributed by atoms with Gasteiger partial charge >= 0.3 is 0 Å². The van der Waals surface area contributed by atoms with Crippen LogP contribution in [0, 0.1) is 10.1 Å². The van der Waals surface area contributed by atoms with Crippen LogP contribution in [0.25, 0.3) is 0 Å². The fourth-order valence-electron chi connectivity index (χ4n) is 3.32. The SMILES string of the molecule is COc1cccc(CN=C(NCc2ccc([N+](=O)[O-])cc2)NC(C)C2CCCO2)c1. The van der Waals surface area contributed by atoms with Crippen molar-refractivity contribution < 1.29 is 14.4 Å². The summed E-state index contributed by atoms with van der Waals surface area (Å²) in [5.41, 5.74) is 2.05. The van der Waals surface area contributed by atoms with Crippen LogP contribution in [0.5, 0.6) is 5.75 Å². The molecule has 160 valence electrons. The van der Waals surface area contributed by atoms with Gasteiger partial charge in [0, 0.05) is 25.3 Å². The Kier molecular flexibility index (Phi) is 7.62. The Morgan fingerprint density at radius 2 is 2.10 bits per heavy atom. The van der Waals surface area contributed by atoms with Crippen LogP contribution >= 0.6 is 0 Å². The molecule has 0 aliphatic carbocycles. The van der Waals surface area contributed by atoms with Gasteiger partial charge in [0.15, 0.2) is 5.96 Å². The van der Waals surface area contributed by atoms with Crippen molar-refractivity contribution in [1.82, 2.24) is 10.6 Å². The van der Waals surface area contributed by atoms with Crippen LogP contribution in [0.3, 0.4) is 0 Å². The zero-order valence-electron chi connectivity index (χ0n) is 17.3. The number of nitrogens with zero attached hydrogens (tertiary/aromatic N) is 2. The molecule has 1 aliphatic rings. The summed E-state index contributed by atoms with van der Waals surface area (Å²) < 4.78 is 11.1. The van der Waals surface area contributed by atoms with Gasteiger partial charge in [0.05, 0.1) is 30.7 Å². The van der Waals surface area contributed by atoms with Gasteiger partial charge in [-0.1, -0.05) is 24.3 Å². The number of nitro groups is 1. The van der Waals surface area contributed by atoms with Crippen molar-refractivity contribution in [2.24, 2.45) is 4.99 Å². The summed E-state index contributed by atoms with van der Waals surface area (Å²) in [6.07, 6.45) is 2.26. The highest BCUT2D eigenvalue weighted by Crippen LogP contribution is 2.16. The van der Waals surface area contributed by atoms with E-state index in [0.717, 1.165) is 36.3 Å². The molecule has 2 aromatic rings. The van der Waals surface area contributed by atoms with E-state index in [4.69, 9.17) is 14.5 Å². The first-order valence-corrected chi connectivity index (χ1v) is 10.1. The Hall–Kier alpha value is -3.13. The first-order valence-electron chi connectivity index (χ1n) is 10.1. The number of rotatable bonds is 8. The van der Waals surface area contributed by atoms with Crippen molar-refractivity contribution in [3.05, 3.63) is 69.8 Å². The molecule has 8 heteroatoms. The molecule has 0 aromatic heterocycles. The lowest BCUT2D eigenvalue weighted by Crippen LogP contribution is -2.46. The van der Waals surface area contributed by atoms with E-state index in [0.29, 0.717) is 19.0 Å². The molecule has 2 atom stereocenters. The molecular formula is C22H28N4O4. The maximum absolute atomic E-state index is 10.8. The van der Waals surface area contributed by atoms with E-state index in [9.17, 15) is 10.1 Å². The predicted molar refractivity (Wildman–Crippen MR) is 116 cm³/mol. The van der Waals surface area contributed by atoms with Gasteiger partial charge < -0.3 is 20.1 Å². The molecule has 0 saturated carbocycles. The van der Waals surface area contributed by atoms with Crippen molar-refractivity contribution in [2.45, 2.75) is 45.0 Å². The Bertz CT molecular complexity index is 864. The van der Waals surface area contributed by atoms with Gasteiger partial charge in [-0.05, 0) is 43.0 Å². The van der Waals surface area contributed by atoms with Gasteiger partial charge in [0.1, 0.15) is 5.75 Å². The molecule has 0 amide bonds. The fraction of sp³-hybridized carbons (Fsp3) is 0.409. The summed E-state index contributed by atoms with van der Waals surface area (Å²) >= 11 is 0. The van der Waals surface area contributed by atoms with E-state index in [1.54, 1.807) is 19.2 Å². The second-order valence-electron chi connectivity index (χ2n) is 7.28.